The third kappa shape index (κ3) is 6.38. The van der Waals surface area contributed by atoms with Gasteiger partial charge in [-0.1, -0.05) is 19.9 Å². The van der Waals surface area contributed by atoms with Crippen LogP contribution >= 0.6 is 0 Å². The van der Waals surface area contributed by atoms with Crippen LogP contribution in [0.25, 0.3) is 0 Å². The Hall–Kier alpha value is -1.23. The van der Waals surface area contributed by atoms with Gasteiger partial charge in [0.15, 0.2) is 0 Å². The minimum Gasteiger partial charge on any atom is -0.493 e. The van der Waals surface area contributed by atoms with Gasteiger partial charge in [0.2, 0.25) is 0 Å². The minimum absolute atomic E-state index is 0.101. The molecule has 5 heteroatoms. The van der Waals surface area contributed by atoms with E-state index in [2.05, 4.69) is 5.32 Å². The molecule has 21 heavy (non-hydrogen) atoms. The summed E-state index contributed by atoms with van der Waals surface area (Å²) in [4.78, 5) is 0. The molecule has 0 spiro atoms. The number of halogens is 3. The van der Waals surface area contributed by atoms with E-state index in [-0.39, 0.29) is 23.8 Å². The van der Waals surface area contributed by atoms with E-state index < -0.39 is 11.7 Å². The highest BCUT2D eigenvalue weighted by molar-refractivity contribution is 5.39. The summed E-state index contributed by atoms with van der Waals surface area (Å²) in [6.45, 7) is 10.4. The monoisotopic (exact) mass is 303 g/mol. The van der Waals surface area contributed by atoms with Crippen LogP contribution in [-0.4, -0.2) is 12.1 Å². The molecule has 0 radical (unpaired) electrons. The Labute approximate surface area is 124 Å². The minimum atomic E-state index is -4.41. The summed E-state index contributed by atoms with van der Waals surface area (Å²) in [7, 11) is 0. The van der Waals surface area contributed by atoms with Crippen molar-refractivity contribution in [1.82, 2.24) is 5.32 Å². The first-order valence-corrected chi connectivity index (χ1v) is 7.07. The van der Waals surface area contributed by atoms with Crippen LogP contribution in [0.2, 0.25) is 0 Å². The maximum absolute atomic E-state index is 13.1. The average Bonchev–Trinajstić information content (AvgIpc) is 2.32. The van der Waals surface area contributed by atoms with Crippen molar-refractivity contribution in [2.45, 2.75) is 52.9 Å². The molecule has 0 heterocycles. The van der Waals surface area contributed by atoms with Gasteiger partial charge in [0, 0.05) is 12.1 Å². The van der Waals surface area contributed by atoms with Crippen LogP contribution < -0.4 is 10.1 Å². The molecular weight excluding hydrogens is 279 g/mol. The van der Waals surface area contributed by atoms with E-state index in [1.807, 2.05) is 34.6 Å². The summed E-state index contributed by atoms with van der Waals surface area (Å²) < 4.78 is 44.7. The highest BCUT2D eigenvalue weighted by Gasteiger charge is 2.34. The van der Waals surface area contributed by atoms with Crippen molar-refractivity contribution in [3.05, 3.63) is 29.3 Å². The molecule has 1 rings (SSSR count). The highest BCUT2D eigenvalue weighted by Crippen LogP contribution is 2.37. The van der Waals surface area contributed by atoms with E-state index in [9.17, 15) is 13.2 Å². The fourth-order valence-corrected chi connectivity index (χ4v) is 1.66. The Bertz CT molecular complexity index is 462. The Morgan fingerprint density at radius 1 is 1.14 bits per heavy atom. The summed E-state index contributed by atoms with van der Waals surface area (Å²) in [6.07, 6.45) is -4.41. The molecule has 1 N–H and O–H groups in total. The molecule has 0 fully saturated rings. The first-order chi connectivity index (χ1) is 9.49. The predicted octanol–water partition coefficient (Wildman–Crippen LogP) is 4.63. The summed E-state index contributed by atoms with van der Waals surface area (Å²) >= 11 is 0. The van der Waals surface area contributed by atoms with Crippen LogP contribution in [0.15, 0.2) is 18.2 Å². The molecule has 0 amide bonds. The van der Waals surface area contributed by atoms with Crippen LogP contribution in [0.5, 0.6) is 5.75 Å². The van der Waals surface area contributed by atoms with E-state index in [0.29, 0.717) is 12.1 Å². The number of hydrogen-bond donors (Lipinski definition) is 1. The zero-order valence-electron chi connectivity index (χ0n) is 13.3. The molecule has 0 aliphatic carbocycles. The first-order valence-electron chi connectivity index (χ1n) is 7.07. The molecule has 120 valence electrons. The topological polar surface area (TPSA) is 21.3 Å². The van der Waals surface area contributed by atoms with Crippen molar-refractivity contribution in [3.8, 4) is 5.75 Å². The lowest BCUT2D eigenvalue weighted by Gasteiger charge is -2.21. The van der Waals surface area contributed by atoms with E-state index in [0.717, 1.165) is 6.07 Å². The first kappa shape index (κ1) is 17.8. The van der Waals surface area contributed by atoms with Crippen LogP contribution in [0.4, 0.5) is 13.2 Å². The van der Waals surface area contributed by atoms with Crippen LogP contribution in [0.1, 0.15) is 45.7 Å². The van der Waals surface area contributed by atoms with Gasteiger partial charge in [-0.15, -0.1) is 0 Å². The van der Waals surface area contributed by atoms with Gasteiger partial charge >= 0.3 is 6.18 Å². The molecule has 0 bridgehead atoms. The molecule has 0 saturated heterocycles. The maximum atomic E-state index is 13.1. The number of ether oxygens (including phenoxy) is 1. The molecule has 0 aliphatic heterocycles. The molecule has 1 aromatic carbocycles. The molecule has 0 aromatic heterocycles. The summed E-state index contributed by atoms with van der Waals surface area (Å²) in [6, 6.07) is 4.24. The lowest BCUT2D eigenvalue weighted by molar-refractivity contribution is -0.139. The van der Waals surface area contributed by atoms with E-state index in [4.69, 9.17) is 4.74 Å². The summed E-state index contributed by atoms with van der Waals surface area (Å²) in [5.74, 6) is 0.0732. The van der Waals surface area contributed by atoms with E-state index in [1.54, 1.807) is 6.07 Å². The van der Waals surface area contributed by atoms with Crippen LogP contribution in [0.3, 0.4) is 0 Å². The van der Waals surface area contributed by atoms with Gasteiger partial charge in [0.1, 0.15) is 5.75 Å². The van der Waals surface area contributed by atoms with E-state index >= 15 is 0 Å². The number of alkyl halides is 3. The van der Waals surface area contributed by atoms with Crippen molar-refractivity contribution in [3.63, 3.8) is 0 Å². The van der Waals surface area contributed by atoms with Gasteiger partial charge in [0.05, 0.1) is 12.2 Å². The third-order valence-corrected chi connectivity index (χ3v) is 2.74. The predicted molar refractivity (Wildman–Crippen MR) is 78.4 cm³/mol. The molecule has 0 saturated carbocycles. The lowest BCUT2D eigenvalue weighted by Crippen LogP contribution is -2.35. The van der Waals surface area contributed by atoms with Crippen molar-refractivity contribution in [2.24, 2.45) is 5.92 Å². The van der Waals surface area contributed by atoms with Crippen molar-refractivity contribution in [2.75, 3.05) is 6.61 Å². The number of nitrogens with one attached hydrogen (secondary N) is 1. The largest absolute Gasteiger partial charge is 0.493 e. The van der Waals surface area contributed by atoms with Gasteiger partial charge in [-0.25, -0.2) is 0 Å². The fourth-order valence-electron chi connectivity index (χ4n) is 1.66. The number of rotatable bonds is 5. The summed E-state index contributed by atoms with van der Waals surface area (Å²) in [5, 5.41) is 3.18. The van der Waals surface area contributed by atoms with Crippen molar-refractivity contribution in [1.29, 1.82) is 0 Å². The SMILES string of the molecule is CC(C)COc1ccc(CNC(C)(C)C)cc1C(F)(F)F. The molecule has 0 atom stereocenters. The second-order valence-corrected chi connectivity index (χ2v) is 6.64. The second-order valence-electron chi connectivity index (χ2n) is 6.64. The zero-order valence-corrected chi connectivity index (χ0v) is 13.3. The molecule has 0 unspecified atom stereocenters. The number of benzene rings is 1. The smallest absolute Gasteiger partial charge is 0.419 e. The Morgan fingerprint density at radius 3 is 2.24 bits per heavy atom. The Morgan fingerprint density at radius 2 is 1.76 bits per heavy atom. The van der Waals surface area contributed by atoms with Gasteiger partial charge in [0.25, 0.3) is 0 Å². The summed E-state index contributed by atoms with van der Waals surface area (Å²) in [5.41, 5.74) is -0.268. The van der Waals surface area contributed by atoms with Crippen LogP contribution in [0, 0.1) is 5.92 Å². The zero-order chi connectivity index (χ0) is 16.3. The van der Waals surface area contributed by atoms with Crippen molar-refractivity contribution < 1.29 is 17.9 Å². The van der Waals surface area contributed by atoms with Gasteiger partial charge in [-0.3, -0.25) is 0 Å². The van der Waals surface area contributed by atoms with Crippen LogP contribution in [-0.2, 0) is 12.7 Å². The Balaban J connectivity index is 2.96. The second kappa shape index (κ2) is 6.69. The Kier molecular flexibility index (Phi) is 5.68. The van der Waals surface area contributed by atoms with Crippen molar-refractivity contribution >= 4 is 0 Å². The fraction of sp³-hybridized carbons (Fsp3) is 0.625. The molecule has 1 aromatic rings. The maximum Gasteiger partial charge on any atom is 0.419 e. The van der Waals surface area contributed by atoms with Gasteiger partial charge < -0.3 is 10.1 Å². The lowest BCUT2D eigenvalue weighted by atomic mass is 10.1. The molecule has 2 nitrogen and oxygen atoms in total. The molecule has 0 aliphatic rings. The number of hydrogen-bond acceptors (Lipinski definition) is 2. The van der Waals surface area contributed by atoms with E-state index in [1.165, 1.54) is 6.07 Å². The van der Waals surface area contributed by atoms with Gasteiger partial charge in [-0.05, 0) is 44.4 Å². The molecular formula is C16H24F3NO. The highest BCUT2D eigenvalue weighted by atomic mass is 19.4. The van der Waals surface area contributed by atoms with Gasteiger partial charge in [-0.2, -0.15) is 13.2 Å². The quantitative estimate of drug-likeness (QED) is 0.856. The standard InChI is InChI=1S/C16H24F3NO/c1-11(2)10-21-14-7-6-12(9-20-15(3,4)5)8-13(14)16(17,18)19/h6-8,11,20H,9-10H2,1-5H3. The third-order valence-electron chi connectivity index (χ3n) is 2.74. The average molecular weight is 303 g/mol. The normalized spacial score (nSPS) is 12.8.